The van der Waals surface area contributed by atoms with Crippen LogP contribution in [0.2, 0.25) is 0 Å². The molecule has 2 saturated carbocycles. The Bertz CT molecular complexity index is 814. The highest BCUT2D eigenvalue weighted by Gasteiger charge is 2.62. The summed E-state index contributed by atoms with van der Waals surface area (Å²) in [7, 11) is 0. The van der Waals surface area contributed by atoms with E-state index in [-0.39, 0.29) is 30.1 Å². The zero-order valence-corrected chi connectivity index (χ0v) is 14.7. The summed E-state index contributed by atoms with van der Waals surface area (Å²) in [6.45, 7) is 0.494. The molecule has 134 valence electrons. The molecule has 0 aromatic heterocycles. The number of aliphatic hydroxyl groups excluding tert-OH is 1. The van der Waals surface area contributed by atoms with Crippen molar-refractivity contribution in [3.05, 3.63) is 59.7 Å². The first-order valence-corrected chi connectivity index (χ1v) is 9.45. The number of carbonyl (C=O) groups excluding carboxylic acids is 1. The van der Waals surface area contributed by atoms with Crippen molar-refractivity contribution in [3.8, 4) is 11.1 Å². The molecular formula is C22H23NO3. The van der Waals surface area contributed by atoms with Gasteiger partial charge in [-0.25, -0.2) is 4.79 Å². The number of hydrogen-bond donors (Lipinski definition) is 2. The van der Waals surface area contributed by atoms with E-state index in [0.717, 1.165) is 19.3 Å². The van der Waals surface area contributed by atoms with Gasteiger partial charge >= 0.3 is 6.09 Å². The first-order valence-electron chi connectivity index (χ1n) is 9.45. The molecule has 3 aliphatic rings. The number of aliphatic hydroxyl groups is 1. The summed E-state index contributed by atoms with van der Waals surface area (Å²) in [5, 5.41) is 12.7. The maximum atomic E-state index is 12.4. The van der Waals surface area contributed by atoms with Gasteiger partial charge in [0.1, 0.15) is 6.61 Å². The number of amides is 1. The van der Waals surface area contributed by atoms with Gasteiger partial charge in [-0.3, -0.25) is 0 Å². The molecule has 1 amide bonds. The monoisotopic (exact) mass is 349 g/mol. The summed E-state index contributed by atoms with van der Waals surface area (Å²) < 4.78 is 5.63. The smallest absolute Gasteiger partial charge is 0.407 e. The Morgan fingerprint density at radius 1 is 1.08 bits per heavy atom. The van der Waals surface area contributed by atoms with Crippen LogP contribution in [0.1, 0.15) is 36.3 Å². The quantitative estimate of drug-likeness (QED) is 0.885. The van der Waals surface area contributed by atoms with Gasteiger partial charge in [0.15, 0.2) is 0 Å². The minimum Gasteiger partial charge on any atom is -0.449 e. The highest BCUT2D eigenvalue weighted by atomic mass is 16.5. The second-order valence-corrected chi connectivity index (χ2v) is 7.89. The number of rotatable bonds is 4. The molecule has 0 aliphatic heterocycles. The molecule has 4 nitrogen and oxygen atoms in total. The predicted molar refractivity (Wildman–Crippen MR) is 98.9 cm³/mol. The molecule has 0 saturated heterocycles. The third kappa shape index (κ3) is 2.28. The van der Waals surface area contributed by atoms with Gasteiger partial charge in [-0.05, 0) is 47.4 Å². The standard InChI is InChI=1S/C22H23NO3/c24-13-22-11-14(22)9-10-20(22)23-21(25)26-12-19-17-7-3-1-5-15(17)16-6-2-4-8-18(16)19/h1-8,14,19-20,24H,9-13H2,(H,23,25). The molecule has 3 unspecified atom stereocenters. The maximum Gasteiger partial charge on any atom is 0.407 e. The average Bonchev–Trinajstić information content (AvgIpc) is 3.18. The first kappa shape index (κ1) is 15.9. The third-order valence-corrected chi connectivity index (χ3v) is 6.71. The van der Waals surface area contributed by atoms with E-state index in [4.69, 9.17) is 4.74 Å². The molecule has 2 N–H and O–H groups in total. The van der Waals surface area contributed by atoms with E-state index in [2.05, 4.69) is 29.6 Å². The van der Waals surface area contributed by atoms with Crippen molar-refractivity contribution in [1.29, 1.82) is 0 Å². The molecule has 5 rings (SSSR count). The summed E-state index contributed by atoms with van der Waals surface area (Å²) in [6.07, 6.45) is 2.69. The van der Waals surface area contributed by atoms with Crippen LogP contribution in [0.5, 0.6) is 0 Å². The Kier molecular flexibility index (Phi) is 3.57. The fraction of sp³-hybridized carbons (Fsp3) is 0.409. The van der Waals surface area contributed by atoms with Crippen LogP contribution in [0.4, 0.5) is 4.79 Å². The van der Waals surface area contributed by atoms with E-state index >= 15 is 0 Å². The largest absolute Gasteiger partial charge is 0.449 e. The zero-order valence-electron chi connectivity index (χ0n) is 14.7. The number of ether oxygens (including phenoxy) is 1. The summed E-state index contributed by atoms with van der Waals surface area (Å²) >= 11 is 0. The van der Waals surface area contributed by atoms with Gasteiger partial charge in [-0.2, -0.15) is 0 Å². The lowest BCUT2D eigenvalue weighted by Crippen LogP contribution is -2.42. The molecule has 0 heterocycles. The van der Waals surface area contributed by atoms with Crippen LogP contribution < -0.4 is 5.32 Å². The van der Waals surface area contributed by atoms with Crippen LogP contribution >= 0.6 is 0 Å². The van der Waals surface area contributed by atoms with Crippen LogP contribution in [0.15, 0.2) is 48.5 Å². The molecule has 2 fully saturated rings. The van der Waals surface area contributed by atoms with E-state index < -0.39 is 0 Å². The van der Waals surface area contributed by atoms with Gasteiger partial charge in [0.2, 0.25) is 0 Å². The molecule has 0 radical (unpaired) electrons. The molecule has 3 aliphatic carbocycles. The van der Waals surface area contributed by atoms with Gasteiger partial charge in [0.25, 0.3) is 0 Å². The third-order valence-electron chi connectivity index (χ3n) is 6.71. The summed E-state index contributed by atoms with van der Waals surface area (Å²) in [4.78, 5) is 12.4. The van der Waals surface area contributed by atoms with Crippen LogP contribution in [-0.2, 0) is 4.74 Å². The van der Waals surface area contributed by atoms with Crippen LogP contribution in [-0.4, -0.2) is 30.5 Å². The van der Waals surface area contributed by atoms with Gasteiger partial charge in [-0.1, -0.05) is 48.5 Å². The molecular weight excluding hydrogens is 326 g/mol. The topological polar surface area (TPSA) is 58.6 Å². The molecule has 26 heavy (non-hydrogen) atoms. The fourth-order valence-corrected chi connectivity index (χ4v) is 5.17. The number of fused-ring (bicyclic) bond motifs is 4. The number of alkyl carbamates (subject to hydrolysis) is 1. The number of benzene rings is 2. The van der Waals surface area contributed by atoms with Crippen molar-refractivity contribution < 1.29 is 14.6 Å². The van der Waals surface area contributed by atoms with Crippen LogP contribution in [0.25, 0.3) is 11.1 Å². The van der Waals surface area contributed by atoms with Crippen molar-refractivity contribution in [2.45, 2.75) is 31.2 Å². The predicted octanol–water partition coefficient (Wildman–Crippen LogP) is 3.69. The van der Waals surface area contributed by atoms with Gasteiger partial charge < -0.3 is 15.2 Å². The Morgan fingerprint density at radius 2 is 1.73 bits per heavy atom. The second kappa shape index (κ2) is 5.85. The van der Waals surface area contributed by atoms with E-state index in [0.29, 0.717) is 12.5 Å². The Morgan fingerprint density at radius 3 is 2.35 bits per heavy atom. The van der Waals surface area contributed by atoms with Gasteiger partial charge in [-0.15, -0.1) is 0 Å². The fourth-order valence-electron chi connectivity index (χ4n) is 5.17. The number of carbonyl (C=O) groups is 1. The lowest BCUT2D eigenvalue weighted by molar-refractivity contribution is 0.125. The van der Waals surface area contributed by atoms with E-state index in [1.807, 2.05) is 24.3 Å². The van der Waals surface area contributed by atoms with Crippen LogP contribution in [0, 0.1) is 11.3 Å². The number of nitrogens with one attached hydrogen (secondary N) is 1. The zero-order chi connectivity index (χ0) is 17.7. The van der Waals surface area contributed by atoms with E-state index in [9.17, 15) is 9.90 Å². The minimum atomic E-state index is -0.364. The maximum absolute atomic E-state index is 12.4. The highest BCUT2D eigenvalue weighted by Crippen LogP contribution is 2.63. The number of hydrogen-bond acceptors (Lipinski definition) is 3. The lowest BCUT2D eigenvalue weighted by atomic mass is 9.98. The molecule has 2 aromatic carbocycles. The molecule has 4 heteroatoms. The molecule has 0 spiro atoms. The van der Waals surface area contributed by atoms with Crippen molar-refractivity contribution in [3.63, 3.8) is 0 Å². The van der Waals surface area contributed by atoms with Crippen molar-refractivity contribution in [2.24, 2.45) is 11.3 Å². The van der Waals surface area contributed by atoms with E-state index in [1.54, 1.807) is 0 Å². The highest BCUT2D eigenvalue weighted by molar-refractivity contribution is 5.79. The Balaban J connectivity index is 1.29. The second-order valence-electron chi connectivity index (χ2n) is 7.89. The minimum absolute atomic E-state index is 0.0492. The molecule has 3 atom stereocenters. The van der Waals surface area contributed by atoms with E-state index in [1.165, 1.54) is 22.3 Å². The van der Waals surface area contributed by atoms with Gasteiger partial charge in [0.05, 0.1) is 6.61 Å². The summed E-state index contributed by atoms with van der Waals surface area (Å²) in [5.41, 5.74) is 4.82. The first-order chi connectivity index (χ1) is 12.7. The average molecular weight is 349 g/mol. The molecule has 0 bridgehead atoms. The summed E-state index contributed by atoms with van der Waals surface area (Å²) in [6, 6.07) is 16.7. The summed E-state index contributed by atoms with van der Waals surface area (Å²) in [5.74, 6) is 0.656. The van der Waals surface area contributed by atoms with Crippen molar-refractivity contribution in [1.82, 2.24) is 5.32 Å². The Labute approximate surface area is 153 Å². The van der Waals surface area contributed by atoms with Gasteiger partial charge in [0, 0.05) is 17.4 Å². The normalized spacial score (nSPS) is 28.2. The SMILES string of the molecule is O=C(NC1CCC2CC21CO)OCC1c2ccccc2-c2ccccc21. The lowest BCUT2D eigenvalue weighted by Gasteiger charge is -2.23. The molecule has 2 aromatic rings. The Hall–Kier alpha value is -2.33. The van der Waals surface area contributed by atoms with Crippen molar-refractivity contribution in [2.75, 3.05) is 13.2 Å². The van der Waals surface area contributed by atoms with Crippen molar-refractivity contribution >= 4 is 6.09 Å². The van der Waals surface area contributed by atoms with Crippen LogP contribution in [0.3, 0.4) is 0 Å².